The Balaban J connectivity index is 1.33. The summed E-state index contributed by atoms with van der Waals surface area (Å²) in [4.78, 5) is 49.5. The van der Waals surface area contributed by atoms with E-state index in [-0.39, 0.29) is 18.8 Å². The van der Waals surface area contributed by atoms with Crippen molar-refractivity contribution in [1.82, 2.24) is 9.55 Å². The molecule has 14 heteroatoms. The molecule has 5 aromatic rings. The summed E-state index contributed by atoms with van der Waals surface area (Å²) < 4.78 is 42.5. The molecule has 0 bridgehead atoms. The van der Waals surface area contributed by atoms with Crippen molar-refractivity contribution in [1.29, 1.82) is 0 Å². The first kappa shape index (κ1) is 35.7. The van der Waals surface area contributed by atoms with Crippen molar-refractivity contribution in [3.05, 3.63) is 154 Å². The molecule has 0 saturated carbocycles. The molecule has 1 fully saturated rings. The molecule has 2 heterocycles. The SMILES string of the molecule is COc1ccc(C(OC[C@H]2O[C@@H](n3ccc(NC(=O)c4ccccc4)nc3=O)C[C@@H]2OP(=O)(O)O)(c2ccccc2)c2ccc(OC)cc2)cc1. The predicted octanol–water partition coefficient (Wildman–Crippen LogP) is 5.29. The van der Waals surface area contributed by atoms with Crippen molar-refractivity contribution in [3.63, 3.8) is 0 Å². The molecular formula is C37H36N3O10P. The Labute approximate surface area is 293 Å². The zero-order valence-electron chi connectivity index (χ0n) is 27.7. The Kier molecular flexibility index (Phi) is 10.8. The molecule has 0 unspecified atom stereocenters. The molecule has 1 amide bonds. The number of nitrogens with zero attached hydrogens (tertiary/aromatic N) is 2. The molecule has 0 aliphatic carbocycles. The van der Waals surface area contributed by atoms with Crippen LogP contribution in [-0.4, -0.2) is 58.3 Å². The summed E-state index contributed by atoms with van der Waals surface area (Å²) in [5, 5.41) is 2.60. The van der Waals surface area contributed by atoms with E-state index in [4.69, 9.17) is 23.5 Å². The summed E-state index contributed by atoms with van der Waals surface area (Å²) in [7, 11) is -1.86. The van der Waals surface area contributed by atoms with Crippen LogP contribution in [-0.2, 0) is 24.2 Å². The van der Waals surface area contributed by atoms with Crippen LogP contribution in [0.15, 0.2) is 126 Å². The van der Waals surface area contributed by atoms with E-state index < -0.39 is 43.5 Å². The molecule has 3 atom stereocenters. The third kappa shape index (κ3) is 8.10. The number of hydrogen-bond acceptors (Lipinski definition) is 9. The average Bonchev–Trinajstić information content (AvgIpc) is 3.53. The third-order valence-electron chi connectivity index (χ3n) is 8.51. The summed E-state index contributed by atoms with van der Waals surface area (Å²) in [5.74, 6) is 0.854. The Hall–Kier alpha value is -5.14. The number of aromatic nitrogens is 2. The van der Waals surface area contributed by atoms with Gasteiger partial charge in [0.1, 0.15) is 41.4 Å². The average molecular weight is 714 g/mol. The van der Waals surface area contributed by atoms with Crippen LogP contribution in [0.25, 0.3) is 0 Å². The highest BCUT2D eigenvalue weighted by atomic mass is 31.2. The van der Waals surface area contributed by atoms with Crippen LogP contribution in [0.4, 0.5) is 5.82 Å². The number of carbonyl (C=O) groups excluding carboxylic acids is 1. The van der Waals surface area contributed by atoms with Gasteiger partial charge in [0.25, 0.3) is 5.91 Å². The van der Waals surface area contributed by atoms with Gasteiger partial charge in [-0.2, -0.15) is 4.98 Å². The number of ether oxygens (including phenoxy) is 4. The number of nitrogens with one attached hydrogen (secondary N) is 1. The van der Waals surface area contributed by atoms with Crippen LogP contribution in [0.1, 0.15) is 39.7 Å². The second kappa shape index (κ2) is 15.4. The van der Waals surface area contributed by atoms with E-state index in [0.717, 1.165) is 16.7 Å². The molecular weight excluding hydrogens is 677 g/mol. The monoisotopic (exact) mass is 713 g/mol. The van der Waals surface area contributed by atoms with Crippen molar-refractivity contribution >= 4 is 19.5 Å². The Morgan fingerprint density at radius 2 is 1.41 bits per heavy atom. The van der Waals surface area contributed by atoms with Gasteiger partial charge in [-0.05, 0) is 59.2 Å². The van der Waals surface area contributed by atoms with Crippen molar-refractivity contribution in [2.24, 2.45) is 0 Å². The van der Waals surface area contributed by atoms with Crippen molar-refractivity contribution in [3.8, 4) is 11.5 Å². The van der Waals surface area contributed by atoms with E-state index in [9.17, 15) is 23.9 Å². The van der Waals surface area contributed by atoms with Crippen molar-refractivity contribution < 1.29 is 42.6 Å². The Bertz CT molecular complexity index is 1990. The molecule has 264 valence electrons. The Morgan fingerprint density at radius 3 is 1.94 bits per heavy atom. The van der Waals surface area contributed by atoms with E-state index >= 15 is 0 Å². The van der Waals surface area contributed by atoms with Crippen molar-refractivity contribution in [2.75, 3.05) is 26.1 Å². The normalized spacial score (nSPS) is 17.5. The first-order valence-corrected chi connectivity index (χ1v) is 17.5. The van der Waals surface area contributed by atoms with Crippen LogP contribution in [0.2, 0.25) is 0 Å². The lowest BCUT2D eigenvalue weighted by Gasteiger charge is -2.37. The molecule has 1 saturated heterocycles. The summed E-state index contributed by atoms with van der Waals surface area (Å²) in [6.45, 7) is -0.221. The fraction of sp³-hybridized carbons (Fsp3) is 0.216. The van der Waals surface area contributed by atoms with E-state index in [1.165, 1.54) is 16.8 Å². The molecule has 1 aliphatic rings. The molecule has 6 rings (SSSR count). The summed E-state index contributed by atoms with van der Waals surface area (Å²) >= 11 is 0. The summed E-state index contributed by atoms with van der Waals surface area (Å²) in [6, 6.07) is 34.1. The quantitative estimate of drug-likeness (QED) is 0.107. The molecule has 1 aliphatic heterocycles. The van der Waals surface area contributed by atoms with Gasteiger partial charge < -0.3 is 34.1 Å². The highest BCUT2D eigenvalue weighted by Gasteiger charge is 2.45. The minimum atomic E-state index is -5.01. The lowest BCUT2D eigenvalue weighted by molar-refractivity contribution is -0.0934. The van der Waals surface area contributed by atoms with Crippen LogP contribution in [0.5, 0.6) is 11.5 Å². The Morgan fingerprint density at radius 1 is 0.863 bits per heavy atom. The van der Waals surface area contributed by atoms with Gasteiger partial charge in [-0.3, -0.25) is 13.9 Å². The zero-order valence-corrected chi connectivity index (χ0v) is 28.6. The molecule has 13 nitrogen and oxygen atoms in total. The van der Waals surface area contributed by atoms with Gasteiger partial charge in [-0.15, -0.1) is 0 Å². The van der Waals surface area contributed by atoms with Gasteiger partial charge >= 0.3 is 13.5 Å². The maximum absolute atomic E-state index is 13.2. The number of phosphoric ester groups is 1. The van der Waals surface area contributed by atoms with Crippen LogP contribution in [0.3, 0.4) is 0 Å². The smallest absolute Gasteiger partial charge is 0.469 e. The number of anilines is 1. The van der Waals surface area contributed by atoms with Crippen LogP contribution >= 0.6 is 7.82 Å². The van der Waals surface area contributed by atoms with Gasteiger partial charge in [0.2, 0.25) is 0 Å². The fourth-order valence-electron chi connectivity index (χ4n) is 6.07. The fourth-order valence-corrected chi connectivity index (χ4v) is 6.64. The third-order valence-corrected chi connectivity index (χ3v) is 9.05. The van der Waals surface area contributed by atoms with Gasteiger partial charge in [-0.1, -0.05) is 72.8 Å². The lowest BCUT2D eigenvalue weighted by atomic mass is 9.80. The van der Waals surface area contributed by atoms with Crippen molar-refractivity contribution in [2.45, 2.75) is 30.5 Å². The molecule has 51 heavy (non-hydrogen) atoms. The first-order chi connectivity index (χ1) is 24.6. The lowest BCUT2D eigenvalue weighted by Crippen LogP contribution is -2.38. The zero-order chi connectivity index (χ0) is 36.0. The van der Waals surface area contributed by atoms with E-state index in [0.29, 0.717) is 17.1 Å². The molecule has 0 radical (unpaired) electrons. The number of methoxy groups -OCH3 is 2. The van der Waals surface area contributed by atoms with Crippen LogP contribution in [0, 0.1) is 0 Å². The predicted molar refractivity (Wildman–Crippen MR) is 187 cm³/mol. The number of phosphoric acid groups is 1. The second-order valence-corrected chi connectivity index (χ2v) is 12.8. The number of hydrogen-bond donors (Lipinski definition) is 3. The number of amides is 1. The highest BCUT2D eigenvalue weighted by Crippen LogP contribution is 2.46. The minimum absolute atomic E-state index is 0.0256. The summed E-state index contributed by atoms with van der Waals surface area (Å²) in [5.41, 5.74) is 0.600. The molecule has 3 N–H and O–H groups in total. The molecule has 1 aromatic heterocycles. The van der Waals surface area contributed by atoms with Gasteiger partial charge in [0, 0.05) is 18.2 Å². The number of rotatable bonds is 13. The first-order valence-electron chi connectivity index (χ1n) is 15.9. The standard InChI is InChI=1S/C37H36N3O10P/c1-46-29-17-13-27(14-18-29)37(26-11-7-4-8-12-26,28-15-19-30(47-2)20-16-28)48-24-32-31(50-51(43,44)45)23-34(49-32)40-22-21-33(39-36(40)42)38-35(41)25-9-5-3-6-10-25/h3-22,31-32,34H,23-24H2,1-2H3,(H2,43,44,45)(H,38,39,41,42)/t31-,32+,34+/m0/s1. The summed E-state index contributed by atoms with van der Waals surface area (Å²) in [6.07, 6.45) is -1.98. The van der Waals surface area contributed by atoms with Crippen LogP contribution < -0.4 is 20.5 Å². The largest absolute Gasteiger partial charge is 0.497 e. The van der Waals surface area contributed by atoms with E-state index in [2.05, 4.69) is 10.3 Å². The van der Waals surface area contributed by atoms with E-state index in [1.54, 1.807) is 44.6 Å². The number of carbonyl (C=O) groups is 1. The second-order valence-electron chi connectivity index (χ2n) is 11.6. The van der Waals surface area contributed by atoms with Gasteiger partial charge in [-0.25, -0.2) is 9.36 Å². The van der Waals surface area contributed by atoms with Gasteiger partial charge in [0.05, 0.1) is 20.8 Å². The number of benzene rings is 4. The highest BCUT2D eigenvalue weighted by molar-refractivity contribution is 7.46. The topological polar surface area (TPSA) is 168 Å². The van der Waals surface area contributed by atoms with Gasteiger partial charge in [0.15, 0.2) is 0 Å². The molecule has 0 spiro atoms. The molecule has 4 aromatic carbocycles. The maximum atomic E-state index is 13.2. The minimum Gasteiger partial charge on any atom is -0.497 e. The maximum Gasteiger partial charge on any atom is 0.469 e. The van der Waals surface area contributed by atoms with E-state index in [1.807, 2.05) is 78.9 Å².